The van der Waals surface area contributed by atoms with E-state index in [-0.39, 0.29) is 12.2 Å². The number of aryl methyl sites for hydroxylation is 1. The van der Waals surface area contributed by atoms with Gasteiger partial charge in [0.1, 0.15) is 17.3 Å². The first-order chi connectivity index (χ1) is 16.4. The number of aromatic nitrogens is 1. The van der Waals surface area contributed by atoms with Gasteiger partial charge >= 0.3 is 0 Å². The molecule has 2 aromatic carbocycles. The molecule has 5 rings (SSSR count). The SMILES string of the molecule is COc1cccc(-c2nc(CN3N=N[C@@H]4C(=O)N(c5ccc(F)cc5)C(=O)[C@@H]43)c(C)o2)c1OC. The van der Waals surface area contributed by atoms with Gasteiger partial charge in [0.05, 0.1) is 32.0 Å². The number of oxazole rings is 1. The van der Waals surface area contributed by atoms with Crippen molar-refractivity contribution in [2.45, 2.75) is 25.6 Å². The van der Waals surface area contributed by atoms with Crippen molar-refractivity contribution in [1.29, 1.82) is 0 Å². The molecular weight excluding hydrogens is 445 g/mol. The van der Waals surface area contributed by atoms with E-state index in [4.69, 9.17) is 13.9 Å². The lowest BCUT2D eigenvalue weighted by molar-refractivity contribution is -0.123. The predicted octanol–water partition coefficient (Wildman–Crippen LogP) is 3.30. The first kappa shape index (κ1) is 21.6. The average molecular weight is 465 g/mol. The minimum atomic E-state index is -0.970. The number of nitrogens with zero attached hydrogens (tertiary/aromatic N) is 5. The summed E-state index contributed by atoms with van der Waals surface area (Å²) in [5.74, 6) is 0.390. The Kier molecular flexibility index (Phi) is 5.23. The average Bonchev–Trinajstić information content (AvgIpc) is 3.49. The molecule has 1 saturated heterocycles. The Morgan fingerprint density at radius 1 is 1.06 bits per heavy atom. The van der Waals surface area contributed by atoms with Crippen LogP contribution in [-0.2, 0) is 16.1 Å². The topological polar surface area (TPSA) is 110 Å². The second-order valence-electron chi connectivity index (χ2n) is 7.74. The van der Waals surface area contributed by atoms with E-state index in [1.165, 1.54) is 43.5 Å². The molecule has 11 heteroatoms. The highest BCUT2D eigenvalue weighted by atomic mass is 19.1. The van der Waals surface area contributed by atoms with Crippen molar-refractivity contribution in [3.63, 3.8) is 0 Å². The van der Waals surface area contributed by atoms with Crippen LogP contribution in [0.5, 0.6) is 11.5 Å². The van der Waals surface area contributed by atoms with Crippen LogP contribution in [0.15, 0.2) is 57.2 Å². The number of amides is 2. The molecule has 0 N–H and O–H groups in total. The van der Waals surface area contributed by atoms with Crippen molar-refractivity contribution in [1.82, 2.24) is 9.99 Å². The van der Waals surface area contributed by atoms with E-state index in [1.807, 2.05) is 0 Å². The fourth-order valence-corrected chi connectivity index (χ4v) is 4.10. The number of hydrogen-bond acceptors (Lipinski definition) is 9. The number of carbonyl (C=O) groups excluding carboxylic acids is 2. The molecule has 0 spiro atoms. The Hall–Kier alpha value is -4.28. The van der Waals surface area contributed by atoms with E-state index >= 15 is 0 Å². The van der Waals surface area contributed by atoms with Crippen molar-refractivity contribution in [2.75, 3.05) is 19.1 Å². The fourth-order valence-electron chi connectivity index (χ4n) is 4.10. The van der Waals surface area contributed by atoms with Gasteiger partial charge in [0, 0.05) is 0 Å². The molecule has 1 fully saturated rings. The highest BCUT2D eigenvalue weighted by molar-refractivity contribution is 6.25. The maximum atomic E-state index is 13.3. The number of para-hydroxylation sites is 1. The molecule has 2 aliphatic rings. The molecule has 3 heterocycles. The van der Waals surface area contributed by atoms with Gasteiger partial charge in [-0.3, -0.25) is 14.6 Å². The molecule has 0 aliphatic carbocycles. The Morgan fingerprint density at radius 3 is 2.53 bits per heavy atom. The summed E-state index contributed by atoms with van der Waals surface area (Å²) < 4.78 is 30.0. The van der Waals surface area contributed by atoms with Gasteiger partial charge in [0.15, 0.2) is 23.6 Å². The van der Waals surface area contributed by atoms with E-state index in [0.717, 1.165) is 4.90 Å². The normalized spacial score (nSPS) is 19.2. The largest absolute Gasteiger partial charge is 0.493 e. The van der Waals surface area contributed by atoms with Crippen LogP contribution in [0.2, 0.25) is 0 Å². The van der Waals surface area contributed by atoms with Crippen LogP contribution in [0.25, 0.3) is 11.5 Å². The first-order valence-corrected chi connectivity index (χ1v) is 10.4. The zero-order valence-corrected chi connectivity index (χ0v) is 18.6. The Bertz CT molecular complexity index is 1310. The first-order valence-electron chi connectivity index (χ1n) is 10.4. The minimum Gasteiger partial charge on any atom is -0.493 e. The number of hydrogen-bond donors (Lipinski definition) is 0. The van der Waals surface area contributed by atoms with Gasteiger partial charge in [-0.2, -0.15) is 5.11 Å². The molecule has 2 aliphatic heterocycles. The highest BCUT2D eigenvalue weighted by Crippen LogP contribution is 2.39. The maximum absolute atomic E-state index is 13.3. The molecule has 3 aromatic rings. The molecule has 10 nitrogen and oxygen atoms in total. The molecule has 0 unspecified atom stereocenters. The minimum absolute atomic E-state index is 0.0998. The van der Waals surface area contributed by atoms with Gasteiger partial charge < -0.3 is 13.9 Å². The van der Waals surface area contributed by atoms with Crippen molar-refractivity contribution in [3.05, 3.63) is 59.7 Å². The molecule has 0 bridgehead atoms. The zero-order chi connectivity index (χ0) is 24.0. The second-order valence-corrected chi connectivity index (χ2v) is 7.74. The summed E-state index contributed by atoms with van der Waals surface area (Å²) in [6.45, 7) is 1.85. The number of fused-ring (bicyclic) bond motifs is 1. The van der Waals surface area contributed by atoms with Crippen molar-refractivity contribution < 1.29 is 27.9 Å². The molecule has 1 aromatic heterocycles. The number of methoxy groups -OCH3 is 2. The van der Waals surface area contributed by atoms with Crippen molar-refractivity contribution in [2.24, 2.45) is 10.3 Å². The third-order valence-corrected chi connectivity index (χ3v) is 5.78. The van der Waals surface area contributed by atoms with Crippen molar-refractivity contribution >= 4 is 17.5 Å². The Labute approximate surface area is 193 Å². The van der Waals surface area contributed by atoms with Crippen LogP contribution in [0, 0.1) is 12.7 Å². The quantitative estimate of drug-likeness (QED) is 0.514. The predicted molar refractivity (Wildman–Crippen MR) is 117 cm³/mol. The number of halogens is 1. The van der Waals surface area contributed by atoms with Gasteiger partial charge in [0.2, 0.25) is 5.89 Å². The van der Waals surface area contributed by atoms with E-state index in [0.29, 0.717) is 34.4 Å². The number of imide groups is 1. The van der Waals surface area contributed by atoms with Gasteiger partial charge in [-0.15, -0.1) is 0 Å². The van der Waals surface area contributed by atoms with E-state index in [1.54, 1.807) is 25.1 Å². The summed E-state index contributed by atoms with van der Waals surface area (Å²) in [7, 11) is 3.07. The molecule has 0 radical (unpaired) electrons. The Morgan fingerprint density at radius 2 is 1.82 bits per heavy atom. The number of carbonyl (C=O) groups is 2. The summed E-state index contributed by atoms with van der Waals surface area (Å²) >= 11 is 0. The van der Waals surface area contributed by atoms with Crippen LogP contribution < -0.4 is 14.4 Å². The van der Waals surface area contributed by atoms with Crippen LogP contribution >= 0.6 is 0 Å². The third-order valence-electron chi connectivity index (χ3n) is 5.78. The fraction of sp³-hybridized carbons (Fsp3) is 0.261. The monoisotopic (exact) mass is 465 g/mol. The lowest BCUT2D eigenvalue weighted by Crippen LogP contribution is -2.39. The summed E-state index contributed by atoms with van der Waals surface area (Å²) in [5, 5.41) is 9.48. The smallest absolute Gasteiger partial charge is 0.263 e. The third kappa shape index (κ3) is 3.36. The maximum Gasteiger partial charge on any atom is 0.263 e. The van der Waals surface area contributed by atoms with Gasteiger partial charge in [0.25, 0.3) is 11.8 Å². The molecular formula is C23H20FN5O5. The highest BCUT2D eigenvalue weighted by Gasteiger charge is 2.54. The number of anilines is 1. The Balaban J connectivity index is 1.41. The van der Waals surface area contributed by atoms with Crippen LogP contribution in [0.3, 0.4) is 0 Å². The summed E-state index contributed by atoms with van der Waals surface area (Å²) in [6.07, 6.45) is 0. The number of benzene rings is 2. The molecule has 0 saturated carbocycles. The van der Waals surface area contributed by atoms with Crippen LogP contribution in [0.4, 0.5) is 10.1 Å². The second kappa shape index (κ2) is 8.25. The van der Waals surface area contributed by atoms with Gasteiger partial charge in [-0.05, 0) is 43.3 Å². The van der Waals surface area contributed by atoms with Crippen molar-refractivity contribution in [3.8, 4) is 23.0 Å². The summed E-state index contributed by atoms with van der Waals surface area (Å²) in [4.78, 5) is 31.6. The van der Waals surface area contributed by atoms with Crippen LogP contribution in [-0.4, -0.2) is 48.1 Å². The summed E-state index contributed by atoms with van der Waals surface area (Å²) in [6, 6.07) is 8.61. The van der Waals surface area contributed by atoms with E-state index in [9.17, 15) is 14.0 Å². The molecule has 174 valence electrons. The van der Waals surface area contributed by atoms with Crippen LogP contribution in [0.1, 0.15) is 11.5 Å². The lowest BCUT2D eigenvalue weighted by Gasteiger charge is -2.19. The molecule has 2 amide bonds. The number of rotatable bonds is 6. The zero-order valence-electron chi connectivity index (χ0n) is 18.6. The molecule has 34 heavy (non-hydrogen) atoms. The summed E-state index contributed by atoms with van der Waals surface area (Å²) in [5.41, 5.74) is 1.41. The van der Waals surface area contributed by atoms with E-state index in [2.05, 4.69) is 15.3 Å². The van der Waals surface area contributed by atoms with E-state index < -0.39 is 29.7 Å². The lowest BCUT2D eigenvalue weighted by atomic mass is 10.1. The van der Waals surface area contributed by atoms with Gasteiger partial charge in [-0.25, -0.2) is 14.3 Å². The standard InChI is InChI=1S/C23H20FN5O5/c1-12-16(25-21(34-12)15-5-4-6-17(32-2)20(15)33-3)11-28-19-18(26-27-28)22(30)29(23(19)31)14-9-7-13(24)8-10-14/h4-10,18-19H,11H2,1-3H3/t18-,19+/m0/s1. The van der Waals surface area contributed by atoms with Gasteiger partial charge in [-0.1, -0.05) is 11.3 Å². The number of ether oxygens (including phenoxy) is 2. The molecule has 2 atom stereocenters.